The fourth-order valence-electron chi connectivity index (χ4n) is 2.54. The fraction of sp³-hybridized carbons (Fsp3) is 0.562. The van der Waals surface area contributed by atoms with Crippen LogP contribution in [0.1, 0.15) is 32.8 Å². The zero-order valence-electron chi connectivity index (χ0n) is 13.2. The van der Waals surface area contributed by atoms with Gasteiger partial charge in [0.25, 0.3) is 0 Å². The van der Waals surface area contributed by atoms with E-state index >= 15 is 0 Å². The summed E-state index contributed by atoms with van der Waals surface area (Å²) in [5.74, 6) is -0.355. The van der Waals surface area contributed by atoms with Gasteiger partial charge in [-0.05, 0) is 37.2 Å². The number of likely N-dealkylation sites (N-methyl/N-ethyl adjacent to an activating group) is 1. The van der Waals surface area contributed by atoms with E-state index in [1.807, 2.05) is 19.1 Å². The summed E-state index contributed by atoms with van der Waals surface area (Å²) < 4.78 is 0. The molecule has 1 atom stereocenters. The van der Waals surface area contributed by atoms with Crippen LogP contribution in [0.5, 0.6) is 0 Å². The van der Waals surface area contributed by atoms with Crippen molar-refractivity contribution in [3.8, 4) is 0 Å². The number of rotatable bonds is 9. The Morgan fingerprint density at radius 3 is 2.24 bits per heavy atom. The number of carbonyl (C=O) groups is 1. The Balaban J connectivity index is 2.89. The van der Waals surface area contributed by atoms with E-state index in [0.717, 1.165) is 25.2 Å². The molecule has 0 bridgehead atoms. The lowest BCUT2D eigenvalue weighted by atomic mass is 9.86. The summed E-state index contributed by atoms with van der Waals surface area (Å²) in [6.45, 7) is 9.80. The third kappa shape index (κ3) is 4.43. The first-order valence-corrected chi connectivity index (χ1v) is 7.91. The number of benzene rings is 1. The maximum Gasteiger partial charge on any atom is 0.242 e. The highest BCUT2D eigenvalue weighted by Crippen LogP contribution is 2.26. The average Bonchev–Trinajstić information content (AvgIpc) is 2.49. The Morgan fingerprint density at radius 2 is 1.81 bits per heavy atom. The van der Waals surface area contributed by atoms with Crippen molar-refractivity contribution in [3.63, 3.8) is 0 Å². The maximum absolute atomic E-state index is 12.1. The molecule has 0 radical (unpaired) electrons. The minimum absolute atomic E-state index is 0.355. The van der Waals surface area contributed by atoms with Crippen LogP contribution in [0.4, 0.5) is 0 Å². The molecular weight excluding hydrogens is 286 g/mol. The number of carbonyl (C=O) groups excluding carboxylic acids is 1. The highest BCUT2D eigenvalue weighted by atomic mass is 35.5. The lowest BCUT2D eigenvalue weighted by molar-refractivity contribution is -0.125. The summed E-state index contributed by atoms with van der Waals surface area (Å²) >= 11 is 5.92. The highest BCUT2D eigenvalue weighted by molar-refractivity contribution is 6.30. The molecule has 0 spiro atoms. The normalized spacial score (nSPS) is 14.1. The predicted octanol–water partition coefficient (Wildman–Crippen LogP) is 2.36. The van der Waals surface area contributed by atoms with Gasteiger partial charge < -0.3 is 10.6 Å². The number of hydrogen-bond acceptors (Lipinski definition) is 3. The van der Waals surface area contributed by atoms with Gasteiger partial charge >= 0.3 is 0 Å². The third-order valence-electron chi connectivity index (χ3n) is 4.04. The summed E-state index contributed by atoms with van der Waals surface area (Å²) in [7, 11) is 0. The van der Waals surface area contributed by atoms with Gasteiger partial charge in [0, 0.05) is 18.1 Å². The molecule has 118 valence electrons. The van der Waals surface area contributed by atoms with Crippen molar-refractivity contribution in [2.75, 3.05) is 26.2 Å². The van der Waals surface area contributed by atoms with Crippen molar-refractivity contribution < 1.29 is 4.79 Å². The predicted molar refractivity (Wildman–Crippen MR) is 88.4 cm³/mol. The van der Waals surface area contributed by atoms with Crippen LogP contribution in [0.2, 0.25) is 5.02 Å². The number of primary amides is 1. The van der Waals surface area contributed by atoms with Gasteiger partial charge in [-0.25, -0.2) is 0 Å². The number of amides is 1. The van der Waals surface area contributed by atoms with Crippen LogP contribution in [0.15, 0.2) is 24.3 Å². The van der Waals surface area contributed by atoms with E-state index in [2.05, 4.69) is 24.1 Å². The number of nitrogens with two attached hydrogens (primary N) is 1. The Morgan fingerprint density at radius 1 is 1.24 bits per heavy atom. The van der Waals surface area contributed by atoms with Crippen LogP contribution in [0.25, 0.3) is 0 Å². The van der Waals surface area contributed by atoms with Crippen molar-refractivity contribution >= 4 is 17.5 Å². The topological polar surface area (TPSA) is 58.4 Å². The van der Waals surface area contributed by atoms with Crippen molar-refractivity contribution in [1.29, 1.82) is 0 Å². The molecule has 3 N–H and O–H groups in total. The quantitative estimate of drug-likeness (QED) is 0.736. The molecule has 0 aromatic heterocycles. The van der Waals surface area contributed by atoms with Crippen molar-refractivity contribution in [2.24, 2.45) is 5.73 Å². The van der Waals surface area contributed by atoms with Crippen molar-refractivity contribution in [2.45, 2.75) is 32.7 Å². The van der Waals surface area contributed by atoms with Gasteiger partial charge in [-0.2, -0.15) is 0 Å². The van der Waals surface area contributed by atoms with Gasteiger partial charge in [-0.1, -0.05) is 44.5 Å². The molecule has 0 heterocycles. The summed E-state index contributed by atoms with van der Waals surface area (Å²) in [5, 5.41) is 4.01. The van der Waals surface area contributed by atoms with E-state index in [4.69, 9.17) is 17.3 Å². The summed E-state index contributed by atoms with van der Waals surface area (Å²) in [6.07, 6.45) is 0.599. The molecule has 0 aliphatic heterocycles. The monoisotopic (exact) mass is 311 g/mol. The first-order chi connectivity index (χ1) is 10.00. The minimum atomic E-state index is -0.836. The Kier molecular flexibility index (Phi) is 7.15. The molecule has 1 rings (SSSR count). The zero-order chi connectivity index (χ0) is 15.9. The largest absolute Gasteiger partial charge is 0.368 e. The average molecular weight is 312 g/mol. The molecular formula is C16H26ClN3O. The second-order valence-electron chi connectivity index (χ2n) is 5.08. The molecule has 1 amide bonds. The maximum atomic E-state index is 12.1. The zero-order valence-corrected chi connectivity index (χ0v) is 13.9. The second-order valence-corrected chi connectivity index (χ2v) is 5.52. The molecule has 5 heteroatoms. The van der Waals surface area contributed by atoms with Crippen LogP contribution in [-0.2, 0) is 10.3 Å². The summed E-state index contributed by atoms with van der Waals surface area (Å²) in [4.78, 5) is 14.4. The van der Waals surface area contributed by atoms with Crippen molar-refractivity contribution in [1.82, 2.24) is 10.2 Å². The van der Waals surface area contributed by atoms with Crippen LogP contribution in [0.3, 0.4) is 0 Å². The van der Waals surface area contributed by atoms with Crippen LogP contribution >= 0.6 is 11.6 Å². The van der Waals surface area contributed by atoms with E-state index in [-0.39, 0.29) is 5.91 Å². The standard InChI is InChI=1S/C16H26ClN3O/c1-4-16(15(18)21,13-7-9-14(17)10-8-13)19-11-12-20(5-2)6-3/h7-10,19H,4-6,11-12H2,1-3H3,(H2,18,21). The van der Waals surface area contributed by atoms with Crippen molar-refractivity contribution in [3.05, 3.63) is 34.9 Å². The molecule has 0 aliphatic carbocycles. The van der Waals surface area contributed by atoms with Gasteiger partial charge in [-0.15, -0.1) is 0 Å². The highest BCUT2D eigenvalue weighted by Gasteiger charge is 2.36. The Hall–Kier alpha value is -1.10. The fourth-order valence-corrected chi connectivity index (χ4v) is 2.66. The SMILES string of the molecule is CCN(CC)CCNC(CC)(C(N)=O)c1ccc(Cl)cc1. The van der Waals surface area contributed by atoms with Gasteiger partial charge in [0.15, 0.2) is 0 Å². The van der Waals surface area contributed by atoms with E-state index < -0.39 is 5.54 Å². The lowest BCUT2D eigenvalue weighted by Gasteiger charge is -2.32. The molecule has 1 aromatic rings. The number of halogens is 1. The first kappa shape index (κ1) is 18.0. The molecule has 0 saturated carbocycles. The molecule has 0 saturated heterocycles. The Labute approximate surface area is 132 Å². The Bertz CT molecular complexity index is 445. The van der Waals surface area contributed by atoms with Gasteiger partial charge in [0.2, 0.25) is 5.91 Å². The van der Waals surface area contributed by atoms with Crippen LogP contribution in [-0.4, -0.2) is 37.0 Å². The van der Waals surface area contributed by atoms with Gasteiger partial charge in [0.05, 0.1) is 0 Å². The second kappa shape index (κ2) is 8.37. The van der Waals surface area contributed by atoms with E-state index in [1.54, 1.807) is 12.1 Å². The molecule has 4 nitrogen and oxygen atoms in total. The summed E-state index contributed by atoms with van der Waals surface area (Å²) in [5.41, 5.74) is 5.71. The number of nitrogens with zero attached hydrogens (tertiary/aromatic N) is 1. The molecule has 0 aliphatic rings. The lowest BCUT2D eigenvalue weighted by Crippen LogP contribution is -2.54. The van der Waals surface area contributed by atoms with Gasteiger partial charge in [0.1, 0.15) is 5.54 Å². The number of nitrogens with one attached hydrogen (secondary N) is 1. The van der Waals surface area contributed by atoms with Gasteiger partial charge in [-0.3, -0.25) is 10.1 Å². The minimum Gasteiger partial charge on any atom is -0.368 e. The van der Waals surface area contributed by atoms with E-state index in [9.17, 15) is 4.79 Å². The molecule has 1 unspecified atom stereocenters. The van der Waals surface area contributed by atoms with E-state index in [0.29, 0.717) is 18.0 Å². The molecule has 0 fully saturated rings. The first-order valence-electron chi connectivity index (χ1n) is 7.53. The third-order valence-corrected chi connectivity index (χ3v) is 4.29. The van der Waals surface area contributed by atoms with Crippen LogP contribution < -0.4 is 11.1 Å². The van der Waals surface area contributed by atoms with Crippen LogP contribution in [0, 0.1) is 0 Å². The molecule has 21 heavy (non-hydrogen) atoms. The molecule has 1 aromatic carbocycles. The van der Waals surface area contributed by atoms with E-state index in [1.165, 1.54) is 0 Å². The summed E-state index contributed by atoms with van der Waals surface area (Å²) in [6, 6.07) is 7.30. The number of hydrogen-bond donors (Lipinski definition) is 2. The smallest absolute Gasteiger partial charge is 0.242 e.